The molecule has 1 aromatic carbocycles. The lowest BCUT2D eigenvalue weighted by molar-refractivity contribution is 0.576. The Balaban J connectivity index is 1.76. The van der Waals surface area contributed by atoms with E-state index in [-0.39, 0.29) is 0 Å². The summed E-state index contributed by atoms with van der Waals surface area (Å²) in [6, 6.07) is 10.2. The van der Waals surface area contributed by atoms with Crippen molar-refractivity contribution in [1.29, 1.82) is 0 Å². The predicted molar refractivity (Wildman–Crippen MR) is 98.6 cm³/mol. The summed E-state index contributed by atoms with van der Waals surface area (Å²) >= 11 is 5.16. The second kappa shape index (κ2) is 9.05. The molecule has 1 heterocycles. The predicted octanol–water partition coefficient (Wildman–Crippen LogP) is 2.78. The fraction of sp³-hybridized carbons (Fsp3) is 0.353. The number of thiocarbonyl (C=S) groups is 1. The standard InChI is InChI=1S/C17H23N5S/c1-14(2)8-9-18-17(23)21-19-10-16-11-20-22(13-16)12-15-6-4-3-5-7-15/h3-7,10-11,13-14H,8-9,12H2,1-2H3,(H2,18,21,23)/b19-10-. The third-order valence-electron chi connectivity index (χ3n) is 3.23. The molecule has 2 aromatic rings. The Morgan fingerprint density at radius 1 is 1.35 bits per heavy atom. The smallest absolute Gasteiger partial charge is 0.186 e. The zero-order valence-electron chi connectivity index (χ0n) is 13.6. The molecule has 0 saturated carbocycles. The lowest BCUT2D eigenvalue weighted by Gasteiger charge is -2.08. The largest absolute Gasteiger partial charge is 0.361 e. The molecule has 0 amide bonds. The Kier molecular flexibility index (Phi) is 6.75. The maximum absolute atomic E-state index is 5.16. The molecular weight excluding hydrogens is 306 g/mol. The molecule has 0 saturated heterocycles. The van der Waals surface area contributed by atoms with Crippen molar-refractivity contribution < 1.29 is 0 Å². The lowest BCUT2D eigenvalue weighted by atomic mass is 10.1. The van der Waals surface area contributed by atoms with Gasteiger partial charge in [-0.25, -0.2) is 0 Å². The third-order valence-corrected chi connectivity index (χ3v) is 3.46. The molecule has 1 aromatic heterocycles. The van der Waals surface area contributed by atoms with Crippen LogP contribution >= 0.6 is 12.2 Å². The minimum atomic E-state index is 0.540. The highest BCUT2D eigenvalue weighted by Crippen LogP contribution is 2.02. The van der Waals surface area contributed by atoms with E-state index in [9.17, 15) is 0 Å². The van der Waals surface area contributed by atoms with Crippen LogP contribution in [0.3, 0.4) is 0 Å². The molecule has 122 valence electrons. The summed E-state index contributed by atoms with van der Waals surface area (Å²) in [5.41, 5.74) is 4.96. The fourth-order valence-corrected chi connectivity index (χ4v) is 2.14. The number of nitrogens with zero attached hydrogens (tertiary/aromatic N) is 3. The first kappa shape index (κ1) is 17.1. The molecule has 0 radical (unpaired) electrons. The highest BCUT2D eigenvalue weighted by molar-refractivity contribution is 7.80. The summed E-state index contributed by atoms with van der Waals surface area (Å²) in [4.78, 5) is 0. The van der Waals surface area contributed by atoms with E-state index in [0.717, 1.165) is 25.1 Å². The molecule has 0 atom stereocenters. The van der Waals surface area contributed by atoms with Crippen LogP contribution in [0, 0.1) is 5.92 Å². The van der Waals surface area contributed by atoms with Crippen LogP contribution < -0.4 is 10.7 Å². The van der Waals surface area contributed by atoms with Gasteiger partial charge >= 0.3 is 0 Å². The normalized spacial score (nSPS) is 11.1. The number of hydrazone groups is 1. The Bertz CT molecular complexity index is 633. The Hall–Kier alpha value is -2.21. The summed E-state index contributed by atoms with van der Waals surface area (Å²) < 4.78 is 1.88. The van der Waals surface area contributed by atoms with Gasteiger partial charge in [0.15, 0.2) is 5.11 Å². The average Bonchev–Trinajstić information content (AvgIpc) is 2.95. The first-order valence-corrected chi connectivity index (χ1v) is 8.17. The number of rotatable bonds is 7. The summed E-state index contributed by atoms with van der Waals surface area (Å²) in [5.74, 6) is 0.657. The van der Waals surface area contributed by atoms with Gasteiger partial charge in [0.2, 0.25) is 0 Å². The number of hydrogen-bond acceptors (Lipinski definition) is 3. The van der Waals surface area contributed by atoms with Gasteiger partial charge in [0, 0.05) is 18.3 Å². The van der Waals surface area contributed by atoms with Gasteiger partial charge in [0.05, 0.1) is 19.0 Å². The number of nitrogens with one attached hydrogen (secondary N) is 2. The third kappa shape index (κ3) is 6.61. The highest BCUT2D eigenvalue weighted by atomic mass is 32.1. The van der Waals surface area contributed by atoms with Crippen molar-refractivity contribution in [2.75, 3.05) is 6.54 Å². The monoisotopic (exact) mass is 329 g/mol. The molecule has 0 unspecified atom stereocenters. The van der Waals surface area contributed by atoms with Crippen molar-refractivity contribution in [3.05, 3.63) is 53.9 Å². The molecule has 23 heavy (non-hydrogen) atoms. The number of benzene rings is 1. The summed E-state index contributed by atoms with van der Waals surface area (Å²) in [7, 11) is 0. The minimum absolute atomic E-state index is 0.540. The topological polar surface area (TPSA) is 54.2 Å². The maximum Gasteiger partial charge on any atom is 0.186 e. The van der Waals surface area contributed by atoms with Crippen LogP contribution in [0.5, 0.6) is 0 Å². The zero-order chi connectivity index (χ0) is 16.5. The van der Waals surface area contributed by atoms with Crippen LogP contribution in [0.4, 0.5) is 0 Å². The Labute approximate surface area is 142 Å². The maximum atomic E-state index is 5.16. The van der Waals surface area contributed by atoms with Gasteiger partial charge in [-0.15, -0.1) is 0 Å². The molecule has 6 heteroatoms. The SMILES string of the molecule is CC(C)CCNC(=S)N/N=C\c1cnn(Cc2ccccc2)c1. The molecule has 2 rings (SSSR count). The zero-order valence-corrected chi connectivity index (χ0v) is 14.4. The average molecular weight is 329 g/mol. The van der Waals surface area contributed by atoms with Gasteiger partial charge < -0.3 is 5.32 Å². The Morgan fingerprint density at radius 3 is 2.87 bits per heavy atom. The van der Waals surface area contributed by atoms with Gasteiger partial charge in [-0.1, -0.05) is 44.2 Å². The van der Waals surface area contributed by atoms with Gasteiger partial charge in [0.25, 0.3) is 0 Å². The molecule has 0 aliphatic rings. The van der Waals surface area contributed by atoms with E-state index in [1.165, 1.54) is 5.56 Å². The second-order valence-electron chi connectivity index (χ2n) is 5.77. The van der Waals surface area contributed by atoms with Crippen LogP contribution in [0.1, 0.15) is 31.4 Å². The fourth-order valence-electron chi connectivity index (χ4n) is 1.98. The van der Waals surface area contributed by atoms with Crippen LogP contribution in [0.25, 0.3) is 0 Å². The van der Waals surface area contributed by atoms with Crippen molar-refractivity contribution in [2.24, 2.45) is 11.0 Å². The van der Waals surface area contributed by atoms with Crippen LogP contribution in [0.15, 0.2) is 47.8 Å². The van der Waals surface area contributed by atoms with E-state index in [0.29, 0.717) is 11.0 Å². The van der Waals surface area contributed by atoms with Crippen molar-refractivity contribution in [3.8, 4) is 0 Å². The number of hydrogen-bond donors (Lipinski definition) is 2. The first-order valence-electron chi connectivity index (χ1n) is 7.77. The van der Waals surface area contributed by atoms with E-state index < -0.39 is 0 Å². The van der Waals surface area contributed by atoms with Crippen LogP contribution in [-0.2, 0) is 6.54 Å². The van der Waals surface area contributed by atoms with E-state index in [4.69, 9.17) is 12.2 Å². The quantitative estimate of drug-likeness (QED) is 0.466. The second-order valence-corrected chi connectivity index (χ2v) is 6.17. The van der Waals surface area contributed by atoms with Gasteiger partial charge in [0.1, 0.15) is 0 Å². The lowest BCUT2D eigenvalue weighted by Crippen LogP contribution is -2.33. The minimum Gasteiger partial charge on any atom is -0.361 e. The van der Waals surface area contributed by atoms with Crippen molar-refractivity contribution in [3.63, 3.8) is 0 Å². The van der Waals surface area contributed by atoms with Gasteiger partial charge in [-0.05, 0) is 30.1 Å². The van der Waals surface area contributed by atoms with E-state index in [1.807, 2.05) is 29.1 Å². The molecule has 0 bridgehead atoms. The molecular formula is C17H23N5S. The Morgan fingerprint density at radius 2 is 2.13 bits per heavy atom. The first-order chi connectivity index (χ1) is 11.1. The number of aromatic nitrogens is 2. The summed E-state index contributed by atoms with van der Waals surface area (Å²) in [5, 5.41) is 12.1. The van der Waals surface area contributed by atoms with Crippen molar-refractivity contribution in [1.82, 2.24) is 20.5 Å². The van der Waals surface area contributed by atoms with Crippen molar-refractivity contribution in [2.45, 2.75) is 26.8 Å². The summed E-state index contributed by atoms with van der Waals surface area (Å²) in [6.07, 6.45) is 6.53. The van der Waals surface area contributed by atoms with Gasteiger partial charge in [-0.3, -0.25) is 10.1 Å². The van der Waals surface area contributed by atoms with Crippen molar-refractivity contribution >= 4 is 23.5 Å². The molecule has 0 spiro atoms. The molecule has 0 fully saturated rings. The van der Waals surface area contributed by atoms with Crippen LogP contribution in [-0.4, -0.2) is 27.7 Å². The van der Waals surface area contributed by atoms with E-state index in [1.54, 1.807) is 12.4 Å². The molecule has 2 N–H and O–H groups in total. The summed E-state index contributed by atoms with van der Waals surface area (Å²) in [6.45, 7) is 5.97. The van der Waals surface area contributed by atoms with Gasteiger partial charge in [-0.2, -0.15) is 10.2 Å². The van der Waals surface area contributed by atoms with E-state index >= 15 is 0 Å². The van der Waals surface area contributed by atoms with E-state index in [2.05, 4.69) is 46.9 Å². The molecule has 5 nitrogen and oxygen atoms in total. The molecule has 0 aliphatic carbocycles. The highest BCUT2D eigenvalue weighted by Gasteiger charge is 1.98. The van der Waals surface area contributed by atoms with Crippen LogP contribution in [0.2, 0.25) is 0 Å². The molecule has 0 aliphatic heterocycles.